The summed E-state index contributed by atoms with van der Waals surface area (Å²) in [5, 5.41) is 14.6. The molecule has 0 atom stereocenters. The SMILES string of the molecule is CCCCCCCC(=O)Nc1ccc(/C(N)=N/O)cc1Cl. The normalized spacial score (nSPS) is 11.4. The molecule has 0 unspecified atom stereocenters. The predicted octanol–water partition coefficient (Wildman–Crippen LogP) is 3.73. The Morgan fingerprint density at radius 3 is 2.67 bits per heavy atom. The summed E-state index contributed by atoms with van der Waals surface area (Å²) in [5.74, 6) is -0.0735. The quantitative estimate of drug-likeness (QED) is 0.225. The van der Waals surface area contributed by atoms with Gasteiger partial charge in [-0.2, -0.15) is 0 Å². The van der Waals surface area contributed by atoms with Gasteiger partial charge in [0.15, 0.2) is 5.84 Å². The molecule has 0 heterocycles. The van der Waals surface area contributed by atoms with E-state index in [9.17, 15) is 4.79 Å². The number of nitrogens with zero attached hydrogens (tertiary/aromatic N) is 1. The highest BCUT2D eigenvalue weighted by molar-refractivity contribution is 6.34. The third kappa shape index (κ3) is 6.04. The molecule has 0 bridgehead atoms. The standard InChI is InChI=1S/C15H22ClN3O2/c1-2-3-4-5-6-7-14(20)18-13-9-8-11(10-12(13)16)15(17)19-21/h8-10,21H,2-7H2,1H3,(H2,17,19)(H,18,20). The number of anilines is 1. The maximum Gasteiger partial charge on any atom is 0.224 e. The summed E-state index contributed by atoms with van der Waals surface area (Å²) in [5.41, 5.74) is 6.51. The molecule has 0 saturated carbocycles. The van der Waals surface area contributed by atoms with E-state index in [0.29, 0.717) is 22.7 Å². The maximum absolute atomic E-state index is 11.8. The molecule has 1 rings (SSSR count). The lowest BCUT2D eigenvalue weighted by molar-refractivity contribution is -0.116. The number of rotatable bonds is 8. The maximum atomic E-state index is 11.8. The molecule has 116 valence electrons. The van der Waals surface area contributed by atoms with Crippen LogP contribution >= 0.6 is 11.6 Å². The zero-order valence-electron chi connectivity index (χ0n) is 12.2. The van der Waals surface area contributed by atoms with Crippen molar-refractivity contribution in [1.29, 1.82) is 0 Å². The van der Waals surface area contributed by atoms with Crippen molar-refractivity contribution in [3.63, 3.8) is 0 Å². The molecular weight excluding hydrogens is 290 g/mol. The monoisotopic (exact) mass is 311 g/mol. The first-order chi connectivity index (χ1) is 10.1. The minimum absolute atomic E-state index is 0.0225. The number of carbonyl (C=O) groups is 1. The first-order valence-electron chi connectivity index (χ1n) is 7.15. The van der Waals surface area contributed by atoms with Crippen LogP contribution in [0.2, 0.25) is 5.02 Å². The highest BCUT2D eigenvalue weighted by Gasteiger charge is 2.08. The lowest BCUT2D eigenvalue weighted by Gasteiger charge is -2.08. The highest BCUT2D eigenvalue weighted by atomic mass is 35.5. The van der Waals surface area contributed by atoms with Gasteiger partial charge in [-0.25, -0.2) is 0 Å². The minimum Gasteiger partial charge on any atom is -0.409 e. The number of amidine groups is 1. The second kappa shape index (κ2) is 9.23. The Morgan fingerprint density at radius 1 is 1.33 bits per heavy atom. The van der Waals surface area contributed by atoms with E-state index in [2.05, 4.69) is 17.4 Å². The number of nitrogens with two attached hydrogens (primary N) is 1. The molecule has 1 aromatic carbocycles. The average Bonchev–Trinajstić information content (AvgIpc) is 2.48. The molecule has 0 radical (unpaired) electrons. The fraction of sp³-hybridized carbons (Fsp3) is 0.467. The number of carbonyl (C=O) groups excluding carboxylic acids is 1. The van der Waals surface area contributed by atoms with Crippen molar-refractivity contribution >= 4 is 29.0 Å². The topological polar surface area (TPSA) is 87.7 Å². The molecule has 0 aliphatic rings. The Morgan fingerprint density at radius 2 is 2.05 bits per heavy atom. The van der Waals surface area contributed by atoms with Gasteiger partial charge in [0.05, 0.1) is 10.7 Å². The van der Waals surface area contributed by atoms with Gasteiger partial charge in [0.2, 0.25) is 5.91 Å². The van der Waals surface area contributed by atoms with Crippen LogP contribution in [0.3, 0.4) is 0 Å². The van der Waals surface area contributed by atoms with Crippen molar-refractivity contribution in [3.05, 3.63) is 28.8 Å². The molecule has 1 amide bonds. The summed E-state index contributed by atoms with van der Waals surface area (Å²) in [7, 11) is 0. The van der Waals surface area contributed by atoms with Crippen LogP contribution in [0.4, 0.5) is 5.69 Å². The van der Waals surface area contributed by atoms with Crippen LogP contribution in [0.1, 0.15) is 51.0 Å². The van der Waals surface area contributed by atoms with Crippen LogP contribution in [0.15, 0.2) is 23.4 Å². The van der Waals surface area contributed by atoms with Crippen molar-refractivity contribution < 1.29 is 10.0 Å². The molecule has 6 heteroatoms. The Labute approximate surface area is 130 Å². The van der Waals surface area contributed by atoms with Crippen LogP contribution in [0.25, 0.3) is 0 Å². The van der Waals surface area contributed by atoms with Crippen LogP contribution in [0.5, 0.6) is 0 Å². The van der Waals surface area contributed by atoms with Gasteiger partial charge < -0.3 is 16.3 Å². The third-order valence-corrected chi connectivity index (χ3v) is 3.47. The average molecular weight is 312 g/mol. The number of hydrogen-bond donors (Lipinski definition) is 3. The molecule has 5 nitrogen and oxygen atoms in total. The number of oxime groups is 1. The van der Waals surface area contributed by atoms with Crippen molar-refractivity contribution in [2.45, 2.75) is 45.4 Å². The van der Waals surface area contributed by atoms with Crippen LogP contribution in [-0.4, -0.2) is 17.0 Å². The molecule has 0 aliphatic carbocycles. The zero-order valence-corrected chi connectivity index (χ0v) is 13.0. The molecule has 0 aliphatic heterocycles. The van der Waals surface area contributed by atoms with E-state index in [4.69, 9.17) is 22.5 Å². The first-order valence-corrected chi connectivity index (χ1v) is 7.53. The van der Waals surface area contributed by atoms with E-state index in [1.807, 2.05) is 0 Å². The molecule has 0 fully saturated rings. The van der Waals surface area contributed by atoms with E-state index in [1.54, 1.807) is 18.2 Å². The minimum atomic E-state index is -0.0510. The van der Waals surface area contributed by atoms with E-state index in [-0.39, 0.29) is 11.7 Å². The molecular formula is C15H22ClN3O2. The number of unbranched alkanes of at least 4 members (excludes halogenated alkanes) is 4. The van der Waals surface area contributed by atoms with Crippen molar-refractivity contribution in [2.24, 2.45) is 10.9 Å². The van der Waals surface area contributed by atoms with E-state index in [0.717, 1.165) is 12.8 Å². The smallest absolute Gasteiger partial charge is 0.224 e. The molecule has 0 aromatic heterocycles. The van der Waals surface area contributed by atoms with Crippen LogP contribution in [0, 0.1) is 0 Å². The second-order valence-corrected chi connectivity index (χ2v) is 5.30. The van der Waals surface area contributed by atoms with Gasteiger partial charge in [-0.1, -0.05) is 49.4 Å². The highest BCUT2D eigenvalue weighted by Crippen LogP contribution is 2.23. The van der Waals surface area contributed by atoms with Gasteiger partial charge in [-0.15, -0.1) is 0 Å². The molecule has 1 aromatic rings. The molecule has 21 heavy (non-hydrogen) atoms. The lowest BCUT2D eigenvalue weighted by atomic mass is 10.1. The van der Waals surface area contributed by atoms with Gasteiger partial charge in [0.25, 0.3) is 0 Å². The van der Waals surface area contributed by atoms with E-state index >= 15 is 0 Å². The van der Waals surface area contributed by atoms with Crippen molar-refractivity contribution in [3.8, 4) is 0 Å². The third-order valence-electron chi connectivity index (χ3n) is 3.15. The Bertz CT molecular complexity index is 504. The van der Waals surface area contributed by atoms with E-state index in [1.165, 1.54) is 19.3 Å². The van der Waals surface area contributed by atoms with Crippen molar-refractivity contribution in [2.75, 3.05) is 5.32 Å². The summed E-state index contributed by atoms with van der Waals surface area (Å²) < 4.78 is 0. The summed E-state index contributed by atoms with van der Waals surface area (Å²) in [6.45, 7) is 2.16. The van der Waals surface area contributed by atoms with Crippen molar-refractivity contribution in [1.82, 2.24) is 0 Å². The van der Waals surface area contributed by atoms with Gasteiger partial charge in [0.1, 0.15) is 0 Å². The summed E-state index contributed by atoms with van der Waals surface area (Å²) >= 11 is 6.07. The lowest BCUT2D eigenvalue weighted by Crippen LogP contribution is -2.14. The van der Waals surface area contributed by atoms with Gasteiger partial charge >= 0.3 is 0 Å². The number of hydrogen-bond acceptors (Lipinski definition) is 3. The zero-order chi connectivity index (χ0) is 15.7. The van der Waals surface area contributed by atoms with Gasteiger partial charge in [0, 0.05) is 12.0 Å². The summed E-state index contributed by atoms with van der Waals surface area (Å²) in [6.07, 6.45) is 6.00. The Hall–Kier alpha value is -1.75. The fourth-order valence-electron chi connectivity index (χ4n) is 1.94. The second-order valence-electron chi connectivity index (χ2n) is 4.89. The number of halogens is 1. The number of benzene rings is 1. The molecule has 0 spiro atoms. The van der Waals surface area contributed by atoms with Crippen LogP contribution < -0.4 is 11.1 Å². The molecule has 0 saturated heterocycles. The largest absolute Gasteiger partial charge is 0.409 e. The first kappa shape index (κ1) is 17.3. The summed E-state index contributed by atoms with van der Waals surface area (Å²) in [4.78, 5) is 11.8. The summed E-state index contributed by atoms with van der Waals surface area (Å²) in [6, 6.07) is 4.83. The van der Waals surface area contributed by atoms with Crippen LogP contribution in [-0.2, 0) is 4.79 Å². The van der Waals surface area contributed by atoms with Gasteiger partial charge in [-0.05, 0) is 24.6 Å². The molecule has 4 N–H and O–H groups in total. The van der Waals surface area contributed by atoms with E-state index < -0.39 is 0 Å². The Kier molecular flexibility index (Phi) is 7.61. The number of amides is 1. The fourth-order valence-corrected chi connectivity index (χ4v) is 2.16. The predicted molar refractivity (Wildman–Crippen MR) is 86.0 cm³/mol. The van der Waals surface area contributed by atoms with Gasteiger partial charge in [-0.3, -0.25) is 4.79 Å². The Balaban J connectivity index is 2.49. The number of nitrogens with one attached hydrogen (secondary N) is 1.